The summed E-state index contributed by atoms with van der Waals surface area (Å²) in [6, 6.07) is 10.1. The summed E-state index contributed by atoms with van der Waals surface area (Å²) in [5.74, 6) is 1.79. The van der Waals surface area contributed by atoms with Gasteiger partial charge in [0, 0.05) is 11.1 Å². The molecule has 2 aromatic rings. The van der Waals surface area contributed by atoms with E-state index in [0.29, 0.717) is 0 Å². The summed E-state index contributed by atoms with van der Waals surface area (Å²) in [5.41, 5.74) is 2.22. The molecule has 2 rings (SSSR count). The molecule has 0 amide bonds. The highest BCUT2D eigenvalue weighted by molar-refractivity contribution is 5.41. The Morgan fingerprint density at radius 2 is 2.06 bits per heavy atom. The van der Waals surface area contributed by atoms with Gasteiger partial charge in [-0.2, -0.15) is 0 Å². The van der Waals surface area contributed by atoms with Crippen LogP contribution in [0.4, 0.5) is 0 Å². The molecular formula is C14H17NO2. The second-order valence-electron chi connectivity index (χ2n) is 3.95. The molecule has 0 aliphatic carbocycles. The highest BCUT2D eigenvalue weighted by Crippen LogP contribution is 2.30. The zero-order chi connectivity index (χ0) is 12.3. The van der Waals surface area contributed by atoms with Crippen molar-refractivity contribution in [3.8, 4) is 5.75 Å². The molecule has 3 heteroatoms. The molecule has 1 heterocycles. The van der Waals surface area contributed by atoms with E-state index in [9.17, 15) is 0 Å². The fourth-order valence-corrected chi connectivity index (χ4v) is 2.02. The summed E-state index contributed by atoms with van der Waals surface area (Å²) in [7, 11) is 3.62. The average molecular weight is 231 g/mol. The van der Waals surface area contributed by atoms with E-state index in [0.717, 1.165) is 22.6 Å². The van der Waals surface area contributed by atoms with Gasteiger partial charge >= 0.3 is 0 Å². The molecule has 0 saturated carbocycles. The van der Waals surface area contributed by atoms with Crippen LogP contribution in [0.15, 0.2) is 41.0 Å². The number of methoxy groups -OCH3 is 1. The van der Waals surface area contributed by atoms with Crippen LogP contribution in [0.3, 0.4) is 0 Å². The molecule has 1 unspecified atom stereocenters. The first-order valence-corrected chi connectivity index (χ1v) is 5.61. The largest absolute Gasteiger partial charge is 0.496 e. The lowest BCUT2D eigenvalue weighted by molar-refractivity contribution is 0.405. The first-order chi connectivity index (χ1) is 8.26. The number of nitrogens with one attached hydrogen (secondary N) is 1. The van der Waals surface area contributed by atoms with Crippen LogP contribution in [0.2, 0.25) is 0 Å². The molecule has 0 fully saturated rings. The van der Waals surface area contributed by atoms with Crippen molar-refractivity contribution in [3.05, 3.63) is 53.5 Å². The SMILES string of the molecule is CNC(c1coc(C)c1)c1ccccc1OC. The van der Waals surface area contributed by atoms with E-state index in [1.54, 1.807) is 13.4 Å². The standard InChI is InChI=1S/C14H17NO2/c1-10-8-11(9-17-10)14(15-2)12-6-4-5-7-13(12)16-3/h4-9,14-15H,1-3H3. The van der Waals surface area contributed by atoms with Crippen LogP contribution < -0.4 is 10.1 Å². The van der Waals surface area contributed by atoms with E-state index in [4.69, 9.17) is 9.15 Å². The third-order valence-corrected chi connectivity index (χ3v) is 2.82. The van der Waals surface area contributed by atoms with Crippen LogP contribution in [-0.2, 0) is 0 Å². The maximum absolute atomic E-state index is 5.39. The van der Waals surface area contributed by atoms with E-state index >= 15 is 0 Å². The van der Waals surface area contributed by atoms with Crippen molar-refractivity contribution < 1.29 is 9.15 Å². The van der Waals surface area contributed by atoms with Crippen LogP contribution in [0.5, 0.6) is 5.75 Å². The molecule has 17 heavy (non-hydrogen) atoms. The van der Waals surface area contributed by atoms with Crippen molar-refractivity contribution in [2.24, 2.45) is 0 Å². The molecule has 3 nitrogen and oxygen atoms in total. The quantitative estimate of drug-likeness (QED) is 0.878. The summed E-state index contributed by atoms with van der Waals surface area (Å²) < 4.78 is 10.7. The topological polar surface area (TPSA) is 34.4 Å². The summed E-state index contributed by atoms with van der Waals surface area (Å²) in [4.78, 5) is 0. The van der Waals surface area contributed by atoms with Crippen molar-refractivity contribution in [2.45, 2.75) is 13.0 Å². The number of ether oxygens (including phenoxy) is 1. The predicted octanol–water partition coefficient (Wildman–Crippen LogP) is 2.91. The minimum absolute atomic E-state index is 0.0867. The summed E-state index contributed by atoms with van der Waals surface area (Å²) in [6.07, 6.45) is 1.78. The lowest BCUT2D eigenvalue weighted by atomic mass is 10.0. The van der Waals surface area contributed by atoms with Gasteiger partial charge < -0.3 is 14.5 Å². The Balaban J connectivity index is 2.41. The molecule has 0 bridgehead atoms. The van der Waals surface area contributed by atoms with Gasteiger partial charge in [0.25, 0.3) is 0 Å². The van der Waals surface area contributed by atoms with E-state index in [1.807, 2.05) is 38.2 Å². The Morgan fingerprint density at radius 1 is 1.29 bits per heavy atom. The Kier molecular flexibility index (Phi) is 3.49. The Labute approximate surface area is 101 Å². The molecule has 0 spiro atoms. The van der Waals surface area contributed by atoms with Gasteiger partial charge in [0.1, 0.15) is 11.5 Å². The van der Waals surface area contributed by atoms with Crippen molar-refractivity contribution in [2.75, 3.05) is 14.2 Å². The van der Waals surface area contributed by atoms with Gasteiger partial charge in [-0.3, -0.25) is 0 Å². The van der Waals surface area contributed by atoms with E-state index in [1.165, 1.54) is 0 Å². The van der Waals surface area contributed by atoms with Crippen molar-refractivity contribution in [1.29, 1.82) is 0 Å². The molecule has 1 aromatic heterocycles. The van der Waals surface area contributed by atoms with Crippen LogP contribution in [0, 0.1) is 6.92 Å². The van der Waals surface area contributed by atoms with E-state index < -0.39 is 0 Å². The van der Waals surface area contributed by atoms with Crippen LogP contribution in [-0.4, -0.2) is 14.2 Å². The number of rotatable bonds is 4. The molecule has 1 N–H and O–H groups in total. The number of aryl methyl sites for hydroxylation is 1. The van der Waals surface area contributed by atoms with Gasteiger partial charge in [-0.25, -0.2) is 0 Å². The molecule has 90 valence electrons. The second-order valence-corrected chi connectivity index (χ2v) is 3.95. The second kappa shape index (κ2) is 5.06. The van der Waals surface area contributed by atoms with E-state index in [-0.39, 0.29) is 6.04 Å². The highest BCUT2D eigenvalue weighted by Gasteiger charge is 2.17. The van der Waals surface area contributed by atoms with Gasteiger partial charge in [-0.15, -0.1) is 0 Å². The van der Waals surface area contributed by atoms with Crippen LogP contribution >= 0.6 is 0 Å². The highest BCUT2D eigenvalue weighted by atomic mass is 16.5. The number of benzene rings is 1. The average Bonchev–Trinajstić information content (AvgIpc) is 2.77. The molecule has 1 aromatic carbocycles. The molecule has 0 aliphatic rings. The van der Waals surface area contributed by atoms with Crippen LogP contribution in [0.1, 0.15) is 22.9 Å². The van der Waals surface area contributed by atoms with Gasteiger partial charge in [-0.05, 0) is 26.1 Å². The summed E-state index contributed by atoms with van der Waals surface area (Å²) in [5, 5.41) is 3.28. The number of hydrogen-bond acceptors (Lipinski definition) is 3. The third kappa shape index (κ3) is 2.34. The predicted molar refractivity (Wildman–Crippen MR) is 67.3 cm³/mol. The number of hydrogen-bond donors (Lipinski definition) is 1. The van der Waals surface area contributed by atoms with Crippen LogP contribution in [0.25, 0.3) is 0 Å². The minimum Gasteiger partial charge on any atom is -0.496 e. The molecule has 0 aliphatic heterocycles. The zero-order valence-corrected chi connectivity index (χ0v) is 10.4. The molecule has 0 radical (unpaired) electrons. The minimum atomic E-state index is 0.0867. The normalized spacial score (nSPS) is 12.4. The zero-order valence-electron chi connectivity index (χ0n) is 10.4. The third-order valence-electron chi connectivity index (χ3n) is 2.82. The van der Waals surface area contributed by atoms with Gasteiger partial charge in [0.05, 0.1) is 19.4 Å². The number of para-hydroxylation sites is 1. The Bertz CT molecular complexity index is 490. The maximum atomic E-state index is 5.39. The maximum Gasteiger partial charge on any atom is 0.123 e. The first-order valence-electron chi connectivity index (χ1n) is 5.61. The monoisotopic (exact) mass is 231 g/mol. The fraction of sp³-hybridized carbons (Fsp3) is 0.286. The lowest BCUT2D eigenvalue weighted by Crippen LogP contribution is -2.17. The molecule has 1 atom stereocenters. The van der Waals surface area contributed by atoms with Crippen molar-refractivity contribution >= 4 is 0 Å². The Hall–Kier alpha value is -1.74. The van der Waals surface area contributed by atoms with Crippen molar-refractivity contribution in [3.63, 3.8) is 0 Å². The number of furan rings is 1. The van der Waals surface area contributed by atoms with E-state index in [2.05, 4.69) is 11.4 Å². The fourth-order valence-electron chi connectivity index (χ4n) is 2.02. The Morgan fingerprint density at radius 3 is 2.65 bits per heavy atom. The van der Waals surface area contributed by atoms with Gasteiger partial charge in [0.15, 0.2) is 0 Å². The first kappa shape index (κ1) is 11.7. The summed E-state index contributed by atoms with van der Waals surface area (Å²) >= 11 is 0. The van der Waals surface area contributed by atoms with Gasteiger partial charge in [0.2, 0.25) is 0 Å². The van der Waals surface area contributed by atoms with Gasteiger partial charge in [-0.1, -0.05) is 18.2 Å². The smallest absolute Gasteiger partial charge is 0.123 e. The molecular weight excluding hydrogens is 214 g/mol. The molecule has 0 saturated heterocycles. The lowest BCUT2D eigenvalue weighted by Gasteiger charge is -2.17. The summed E-state index contributed by atoms with van der Waals surface area (Å²) in [6.45, 7) is 1.94. The van der Waals surface area contributed by atoms with Crippen molar-refractivity contribution in [1.82, 2.24) is 5.32 Å².